The maximum absolute atomic E-state index is 14.6. The fourth-order valence-electron chi connectivity index (χ4n) is 2.56. The molecule has 3 rings (SSSR count). The fraction of sp³-hybridized carbons (Fsp3) is 0.158. The minimum absolute atomic E-state index is 0.0431. The Morgan fingerprint density at radius 2 is 1.47 bits per heavy atom. The molecule has 3 aromatic rings. The molecule has 4 nitrogen and oxygen atoms in total. The number of halogens is 5. The molecule has 0 saturated heterocycles. The monoisotopic (exact) mass is 459 g/mol. The van der Waals surface area contributed by atoms with Crippen molar-refractivity contribution in [2.24, 2.45) is 0 Å². The minimum Gasteiger partial charge on any atom is -0.437 e. The van der Waals surface area contributed by atoms with Gasteiger partial charge in [0.15, 0.2) is 11.6 Å². The molecule has 0 bridgehead atoms. The largest absolute Gasteiger partial charge is 0.437 e. The van der Waals surface area contributed by atoms with Crippen LogP contribution in [-0.2, 0) is 6.18 Å². The van der Waals surface area contributed by atoms with Crippen LogP contribution in [0.15, 0.2) is 48.8 Å². The van der Waals surface area contributed by atoms with Crippen LogP contribution in [0.4, 0.5) is 27.6 Å². The summed E-state index contributed by atoms with van der Waals surface area (Å²) in [5.74, 6) is -1.65. The number of alkyl halides is 3. The molecule has 30 heavy (non-hydrogen) atoms. The molecule has 0 spiro atoms. The first-order valence-corrected chi connectivity index (χ1v) is 10.6. The molecule has 0 radical (unpaired) electrons. The van der Waals surface area contributed by atoms with E-state index >= 15 is 0 Å². The van der Waals surface area contributed by atoms with E-state index in [1.54, 1.807) is 12.5 Å². The van der Waals surface area contributed by atoms with E-state index in [0.29, 0.717) is 0 Å². The van der Waals surface area contributed by atoms with Crippen LogP contribution in [0.5, 0.6) is 11.6 Å². The summed E-state index contributed by atoms with van der Waals surface area (Å²) >= 11 is 2.29. The van der Waals surface area contributed by atoms with Crippen LogP contribution in [-0.4, -0.2) is 22.5 Å². The zero-order chi connectivity index (χ0) is 21.9. The van der Waals surface area contributed by atoms with E-state index in [1.165, 1.54) is 16.1 Å². The van der Waals surface area contributed by atoms with Gasteiger partial charge in [0.1, 0.15) is 17.1 Å². The Labute approximate surface area is 177 Å². The molecule has 2 aromatic carbocycles. The highest BCUT2D eigenvalue weighted by atomic mass is 32.2. The Morgan fingerprint density at radius 1 is 0.900 bits per heavy atom. The van der Waals surface area contributed by atoms with Crippen molar-refractivity contribution in [3.63, 3.8) is 0 Å². The van der Waals surface area contributed by atoms with E-state index in [2.05, 4.69) is 9.97 Å². The van der Waals surface area contributed by atoms with Crippen molar-refractivity contribution in [1.29, 1.82) is 0 Å². The van der Waals surface area contributed by atoms with Crippen molar-refractivity contribution in [1.82, 2.24) is 9.97 Å². The molecule has 158 valence electrons. The van der Waals surface area contributed by atoms with Gasteiger partial charge in [0, 0.05) is 30.5 Å². The van der Waals surface area contributed by atoms with Gasteiger partial charge in [0.2, 0.25) is 5.88 Å². The first-order chi connectivity index (χ1) is 14.2. The third-order valence-corrected chi connectivity index (χ3v) is 5.79. The van der Waals surface area contributed by atoms with E-state index in [4.69, 9.17) is 4.74 Å². The SMILES string of the molecule is CSN(SC)c1c(F)cc(-c2nccnc2Oc2ccc(C(F)(F)F)cc2)cc1F. The van der Waals surface area contributed by atoms with Gasteiger partial charge < -0.3 is 4.74 Å². The topological polar surface area (TPSA) is 38.2 Å². The third-order valence-electron chi connectivity index (χ3n) is 3.87. The number of benzene rings is 2. The Balaban J connectivity index is 1.96. The molecular weight excluding hydrogens is 445 g/mol. The summed E-state index contributed by atoms with van der Waals surface area (Å²) in [5, 5.41) is 0. The quantitative estimate of drug-likeness (QED) is 0.306. The maximum atomic E-state index is 14.6. The van der Waals surface area contributed by atoms with Crippen LogP contribution in [0.1, 0.15) is 5.56 Å². The van der Waals surface area contributed by atoms with E-state index in [1.807, 2.05) is 0 Å². The molecule has 0 atom stereocenters. The van der Waals surface area contributed by atoms with Gasteiger partial charge in [-0.3, -0.25) is 3.71 Å². The Hall–Kier alpha value is -2.53. The molecule has 11 heteroatoms. The number of ether oxygens (including phenoxy) is 1. The van der Waals surface area contributed by atoms with Gasteiger partial charge in [-0.2, -0.15) is 13.2 Å². The summed E-state index contributed by atoms with van der Waals surface area (Å²) in [6.45, 7) is 0. The summed E-state index contributed by atoms with van der Waals surface area (Å²) < 4.78 is 74.3. The van der Waals surface area contributed by atoms with Crippen molar-refractivity contribution in [2.75, 3.05) is 16.2 Å². The lowest BCUT2D eigenvalue weighted by atomic mass is 10.1. The zero-order valence-electron chi connectivity index (χ0n) is 15.6. The molecule has 1 aromatic heterocycles. The molecule has 0 saturated carbocycles. The van der Waals surface area contributed by atoms with Crippen LogP contribution in [0.3, 0.4) is 0 Å². The molecule has 0 aliphatic heterocycles. The molecule has 0 aliphatic carbocycles. The molecule has 1 heterocycles. The summed E-state index contributed by atoms with van der Waals surface area (Å²) in [4.78, 5) is 8.07. The first kappa shape index (κ1) is 22.2. The molecule has 0 aliphatic rings. The van der Waals surface area contributed by atoms with Crippen molar-refractivity contribution in [3.05, 3.63) is 66.0 Å². The van der Waals surface area contributed by atoms with Crippen LogP contribution in [0.2, 0.25) is 0 Å². The normalized spacial score (nSPS) is 11.4. The number of aromatic nitrogens is 2. The number of anilines is 1. The highest BCUT2D eigenvalue weighted by Crippen LogP contribution is 2.38. The molecule has 0 amide bonds. The summed E-state index contributed by atoms with van der Waals surface area (Å²) in [6.07, 6.45) is 1.50. The Kier molecular flexibility index (Phi) is 6.71. The number of nitrogens with zero attached hydrogens (tertiary/aromatic N) is 3. The summed E-state index contributed by atoms with van der Waals surface area (Å²) in [5.41, 5.74) is -0.929. The van der Waals surface area contributed by atoms with Gasteiger partial charge in [0.05, 0.1) is 5.56 Å². The van der Waals surface area contributed by atoms with Gasteiger partial charge in [0.25, 0.3) is 0 Å². The van der Waals surface area contributed by atoms with Crippen LogP contribution in [0, 0.1) is 11.6 Å². The number of rotatable bonds is 6. The highest BCUT2D eigenvalue weighted by molar-refractivity contribution is 8.17. The van der Waals surface area contributed by atoms with Crippen molar-refractivity contribution in [2.45, 2.75) is 6.18 Å². The second-order valence-electron chi connectivity index (χ2n) is 5.75. The zero-order valence-corrected chi connectivity index (χ0v) is 17.2. The van der Waals surface area contributed by atoms with E-state index in [-0.39, 0.29) is 28.6 Å². The van der Waals surface area contributed by atoms with Crippen LogP contribution >= 0.6 is 23.9 Å². The van der Waals surface area contributed by atoms with Crippen LogP contribution < -0.4 is 8.45 Å². The fourth-order valence-corrected chi connectivity index (χ4v) is 3.87. The van der Waals surface area contributed by atoms with E-state index < -0.39 is 23.4 Å². The lowest BCUT2D eigenvalue weighted by Gasteiger charge is -2.19. The van der Waals surface area contributed by atoms with Crippen LogP contribution in [0.25, 0.3) is 11.3 Å². The van der Waals surface area contributed by atoms with Gasteiger partial charge >= 0.3 is 6.18 Å². The Morgan fingerprint density at radius 3 is 2.00 bits per heavy atom. The lowest BCUT2D eigenvalue weighted by Crippen LogP contribution is -2.07. The molecule has 0 N–H and O–H groups in total. The van der Waals surface area contributed by atoms with Crippen molar-refractivity contribution >= 4 is 29.6 Å². The number of hydrogen-bond acceptors (Lipinski definition) is 6. The van der Waals surface area contributed by atoms with Gasteiger partial charge in [-0.15, -0.1) is 0 Å². The second-order valence-corrected chi connectivity index (χ2v) is 7.44. The average Bonchev–Trinajstić information content (AvgIpc) is 2.70. The van der Waals surface area contributed by atoms with E-state index in [9.17, 15) is 22.0 Å². The van der Waals surface area contributed by atoms with Crippen molar-refractivity contribution < 1.29 is 26.7 Å². The maximum Gasteiger partial charge on any atom is 0.416 e. The average molecular weight is 459 g/mol. The standard InChI is InChI=1S/C19H14F5N3OS2/c1-29-27(30-2)17-14(20)9-11(10-15(17)21)16-18(26-8-7-25-16)28-13-5-3-12(4-6-13)19(22,23)24/h3-10H,1-2H3. The Bertz CT molecular complexity index is 1000. The highest BCUT2D eigenvalue weighted by Gasteiger charge is 2.30. The minimum atomic E-state index is -4.48. The molecule has 0 unspecified atom stereocenters. The summed E-state index contributed by atoms with van der Waals surface area (Å²) in [7, 11) is 0. The lowest BCUT2D eigenvalue weighted by molar-refractivity contribution is -0.137. The summed E-state index contributed by atoms with van der Waals surface area (Å²) in [6, 6.07) is 6.17. The molecule has 0 fully saturated rings. The predicted octanol–water partition coefficient (Wildman–Crippen LogP) is 6.60. The van der Waals surface area contributed by atoms with Crippen molar-refractivity contribution in [3.8, 4) is 22.9 Å². The third kappa shape index (κ3) is 4.78. The second kappa shape index (κ2) is 9.09. The molecular formula is C19H14F5N3OS2. The van der Waals surface area contributed by atoms with Gasteiger partial charge in [-0.1, -0.05) is 0 Å². The van der Waals surface area contributed by atoms with E-state index in [0.717, 1.165) is 60.3 Å². The number of hydrogen-bond donors (Lipinski definition) is 0. The van der Waals surface area contributed by atoms with Gasteiger partial charge in [-0.25, -0.2) is 18.7 Å². The smallest absolute Gasteiger partial charge is 0.416 e. The predicted molar refractivity (Wildman–Crippen MR) is 108 cm³/mol. The first-order valence-electron chi connectivity index (χ1n) is 8.28. The van der Waals surface area contributed by atoms with Gasteiger partial charge in [-0.05, 0) is 60.3 Å².